The Balaban J connectivity index is 2.07. The van der Waals surface area contributed by atoms with Gasteiger partial charge in [-0.1, -0.05) is 0 Å². The third-order valence-electron chi connectivity index (χ3n) is 3.54. The maximum atomic E-state index is 6.22. The van der Waals surface area contributed by atoms with E-state index in [4.69, 9.17) is 10.5 Å². The molecule has 2 aliphatic heterocycles. The van der Waals surface area contributed by atoms with Crippen molar-refractivity contribution in [2.24, 2.45) is 11.7 Å². The molecule has 0 amide bonds. The van der Waals surface area contributed by atoms with Gasteiger partial charge in [-0.15, -0.1) is 0 Å². The Labute approximate surface area is 86.6 Å². The molecule has 2 aliphatic rings. The lowest BCUT2D eigenvalue weighted by molar-refractivity contribution is -0.159. The summed E-state index contributed by atoms with van der Waals surface area (Å²) in [6, 6.07) is 0.312. The summed E-state index contributed by atoms with van der Waals surface area (Å²) in [7, 11) is 2.17. The van der Waals surface area contributed by atoms with E-state index in [9.17, 15) is 0 Å². The van der Waals surface area contributed by atoms with E-state index in [1.54, 1.807) is 0 Å². The molecule has 2 saturated heterocycles. The van der Waals surface area contributed by atoms with Gasteiger partial charge in [0.05, 0.1) is 11.7 Å². The van der Waals surface area contributed by atoms with Gasteiger partial charge in [0.15, 0.2) is 0 Å². The molecule has 0 aromatic carbocycles. The van der Waals surface area contributed by atoms with Crippen LogP contribution in [0, 0.1) is 5.92 Å². The second kappa shape index (κ2) is 3.47. The van der Waals surface area contributed by atoms with Gasteiger partial charge >= 0.3 is 0 Å². The predicted molar refractivity (Wildman–Crippen MR) is 57.1 cm³/mol. The van der Waals surface area contributed by atoms with Crippen molar-refractivity contribution in [1.82, 2.24) is 4.90 Å². The first-order valence-electron chi connectivity index (χ1n) is 5.60. The molecule has 2 heterocycles. The molecule has 3 atom stereocenters. The lowest BCUT2D eigenvalue weighted by Gasteiger charge is -2.48. The van der Waals surface area contributed by atoms with Gasteiger partial charge in [-0.25, -0.2) is 0 Å². The third kappa shape index (κ3) is 1.95. The van der Waals surface area contributed by atoms with Crippen molar-refractivity contribution in [3.8, 4) is 0 Å². The number of hydrogen-bond acceptors (Lipinski definition) is 3. The Morgan fingerprint density at radius 2 is 2.14 bits per heavy atom. The second-order valence-corrected chi connectivity index (χ2v) is 5.50. The van der Waals surface area contributed by atoms with Crippen LogP contribution in [-0.2, 0) is 4.74 Å². The van der Waals surface area contributed by atoms with Crippen molar-refractivity contribution in [2.75, 3.05) is 20.1 Å². The molecule has 14 heavy (non-hydrogen) atoms. The summed E-state index contributed by atoms with van der Waals surface area (Å²) in [6.45, 7) is 6.55. The van der Waals surface area contributed by atoms with Crippen molar-refractivity contribution < 1.29 is 4.74 Å². The molecule has 0 aromatic heterocycles. The molecule has 2 fully saturated rings. The first kappa shape index (κ1) is 10.4. The second-order valence-electron chi connectivity index (χ2n) is 5.50. The molecule has 82 valence electrons. The van der Waals surface area contributed by atoms with E-state index in [0.717, 1.165) is 25.9 Å². The van der Waals surface area contributed by atoms with E-state index in [-0.39, 0.29) is 5.60 Å². The number of piperidine rings is 1. The summed E-state index contributed by atoms with van der Waals surface area (Å²) in [4.78, 5) is 2.36. The highest BCUT2D eigenvalue weighted by Crippen LogP contribution is 2.35. The molecule has 3 heteroatoms. The lowest BCUT2D eigenvalue weighted by atomic mass is 9.79. The van der Waals surface area contributed by atoms with Crippen molar-refractivity contribution in [3.05, 3.63) is 0 Å². The molecule has 0 saturated carbocycles. The van der Waals surface area contributed by atoms with E-state index in [0.29, 0.717) is 18.1 Å². The maximum absolute atomic E-state index is 6.22. The van der Waals surface area contributed by atoms with Crippen LogP contribution in [0.15, 0.2) is 0 Å². The minimum atomic E-state index is -0.0174. The molecular weight excluding hydrogens is 176 g/mol. The highest BCUT2D eigenvalue weighted by molar-refractivity contribution is 4.95. The fourth-order valence-corrected chi connectivity index (χ4v) is 2.86. The van der Waals surface area contributed by atoms with Crippen molar-refractivity contribution in [1.29, 1.82) is 0 Å². The van der Waals surface area contributed by atoms with Gasteiger partial charge in [0, 0.05) is 25.0 Å². The minimum Gasteiger partial charge on any atom is -0.372 e. The molecule has 2 N–H and O–H groups in total. The normalized spacial score (nSPS) is 43.3. The molecule has 3 unspecified atom stereocenters. The Bertz CT molecular complexity index is 217. The van der Waals surface area contributed by atoms with Crippen LogP contribution < -0.4 is 5.73 Å². The van der Waals surface area contributed by atoms with Crippen LogP contribution in [0.25, 0.3) is 0 Å². The molecule has 2 rings (SSSR count). The minimum absolute atomic E-state index is 0.0174. The van der Waals surface area contributed by atoms with Crippen molar-refractivity contribution in [2.45, 2.75) is 44.4 Å². The van der Waals surface area contributed by atoms with Crippen molar-refractivity contribution >= 4 is 0 Å². The van der Waals surface area contributed by atoms with Crippen LogP contribution in [-0.4, -0.2) is 42.8 Å². The first-order valence-corrected chi connectivity index (χ1v) is 5.60. The molecule has 0 spiro atoms. The fraction of sp³-hybridized carbons (Fsp3) is 1.00. The molecule has 3 nitrogen and oxygen atoms in total. The average molecular weight is 198 g/mol. The van der Waals surface area contributed by atoms with E-state index in [2.05, 4.69) is 25.8 Å². The zero-order valence-corrected chi connectivity index (χ0v) is 9.49. The van der Waals surface area contributed by atoms with Crippen LogP contribution in [0.4, 0.5) is 0 Å². The fourth-order valence-electron chi connectivity index (χ4n) is 2.86. The summed E-state index contributed by atoms with van der Waals surface area (Å²) in [5.41, 5.74) is 6.20. The Hall–Kier alpha value is -0.120. The van der Waals surface area contributed by atoms with E-state index in [1.165, 1.54) is 0 Å². The summed E-state index contributed by atoms with van der Waals surface area (Å²) >= 11 is 0. The highest BCUT2D eigenvalue weighted by atomic mass is 16.5. The van der Waals surface area contributed by atoms with Crippen LogP contribution in [0.2, 0.25) is 0 Å². The summed E-state index contributed by atoms with van der Waals surface area (Å²) in [5, 5.41) is 0. The molecule has 0 aromatic rings. The number of ether oxygens (including phenoxy) is 1. The molecule has 0 bridgehead atoms. The van der Waals surface area contributed by atoms with Gasteiger partial charge in [-0.3, -0.25) is 0 Å². The predicted octanol–water partition coefficient (Wildman–Crippen LogP) is 0.833. The summed E-state index contributed by atoms with van der Waals surface area (Å²) < 4.78 is 6.09. The van der Waals surface area contributed by atoms with Crippen LogP contribution in [0.1, 0.15) is 26.7 Å². The van der Waals surface area contributed by atoms with Gasteiger partial charge in [0.25, 0.3) is 0 Å². The van der Waals surface area contributed by atoms with Gasteiger partial charge in [-0.05, 0) is 33.7 Å². The Morgan fingerprint density at radius 3 is 2.86 bits per heavy atom. The summed E-state index contributed by atoms with van der Waals surface area (Å²) in [5.74, 6) is 0.543. The SMILES string of the molecule is CN1CCC2OC(C)(C)CC(N)C2C1. The summed E-state index contributed by atoms with van der Waals surface area (Å²) in [6.07, 6.45) is 2.52. The van der Waals surface area contributed by atoms with Crippen molar-refractivity contribution in [3.63, 3.8) is 0 Å². The monoisotopic (exact) mass is 198 g/mol. The number of nitrogens with zero attached hydrogens (tertiary/aromatic N) is 1. The largest absolute Gasteiger partial charge is 0.372 e. The highest BCUT2D eigenvalue weighted by Gasteiger charge is 2.42. The van der Waals surface area contributed by atoms with Gasteiger partial charge in [-0.2, -0.15) is 0 Å². The van der Waals surface area contributed by atoms with Crippen LogP contribution >= 0.6 is 0 Å². The number of rotatable bonds is 0. The van der Waals surface area contributed by atoms with E-state index >= 15 is 0 Å². The first-order chi connectivity index (χ1) is 6.48. The van der Waals surface area contributed by atoms with Crippen LogP contribution in [0.5, 0.6) is 0 Å². The quantitative estimate of drug-likeness (QED) is 0.626. The van der Waals surface area contributed by atoms with E-state index < -0.39 is 0 Å². The zero-order valence-electron chi connectivity index (χ0n) is 9.49. The molecule has 0 aliphatic carbocycles. The van der Waals surface area contributed by atoms with Crippen LogP contribution in [0.3, 0.4) is 0 Å². The maximum Gasteiger partial charge on any atom is 0.0649 e. The Kier molecular flexibility index (Phi) is 2.58. The topological polar surface area (TPSA) is 38.5 Å². The molecular formula is C11H22N2O. The number of likely N-dealkylation sites (tertiary alicyclic amines) is 1. The average Bonchev–Trinajstić information content (AvgIpc) is 2.05. The lowest BCUT2D eigenvalue weighted by Crippen LogP contribution is -2.58. The van der Waals surface area contributed by atoms with Gasteiger partial charge < -0.3 is 15.4 Å². The Morgan fingerprint density at radius 1 is 1.43 bits per heavy atom. The molecule has 0 radical (unpaired) electrons. The third-order valence-corrected chi connectivity index (χ3v) is 3.54. The standard InChI is InChI=1S/C11H22N2O/c1-11(2)6-9(12)8-7-13(3)5-4-10(8)14-11/h8-10H,4-7,12H2,1-3H3. The van der Waals surface area contributed by atoms with E-state index in [1.807, 2.05) is 0 Å². The van der Waals surface area contributed by atoms with Gasteiger partial charge in [0.2, 0.25) is 0 Å². The number of hydrogen-bond donors (Lipinski definition) is 1. The smallest absolute Gasteiger partial charge is 0.0649 e. The van der Waals surface area contributed by atoms with Gasteiger partial charge in [0.1, 0.15) is 0 Å². The number of nitrogens with two attached hydrogens (primary N) is 1. The zero-order chi connectivity index (χ0) is 10.3. The number of fused-ring (bicyclic) bond motifs is 1.